The Morgan fingerprint density at radius 2 is 2.15 bits per heavy atom. The molecule has 0 aliphatic rings. The fourth-order valence-corrected chi connectivity index (χ4v) is 1.58. The number of nitrogens with zero attached hydrogens (tertiary/aromatic N) is 3. The highest BCUT2D eigenvalue weighted by Crippen LogP contribution is 2.20. The Kier molecular flexibility index (Phi) is 3.85. The Morgan fingerprint density at radius 3 is 2.80 bits per heavy atom. The predicted molar refractivity (Wildman–Crippen MR) is 68.0 cm³/mol. The van der Waals surface area contributed by atoms with E-state index in [1.54, 1.807) is 0 Å². The van der Waals surface area contributed by atoms with Crippen LogP contribution < -0.4 is 5.32 Å². The minimum atomic E-state index is -0.882. The number of rotatable bonds is 3. The number of nitro benzene ring substituents is 1. The molecule has 1 heterocycles. The molecule has 102 valence electrons. The first-order chi connectivity index (χ1) is 9.47. The van der Waals surface area contributed by atoms with E-state index in [0.717, 1.165) is 18.2 Å². The third-order valence-corrected chi connectivity index (χ3v) is 2.43. The van der Waals surface area contributed by atoms with Crippen molar-refractivity contribution in [3.8, 4) is 0 Å². The van der Waals surface area contributed by atoms with Crippen LogP contribution in [0.5, 0.6) is 0 Å². The van der Waals surface area contributed by atoms with Gasteiger partial charge in [0.15, 0.2) is 5.82 Å². The Hall–Kier alpha value is -2.61. The van der Waals surface area contributed by atoms with E-state index in [0.29, 0.717) is 0 Å². The van der Waals surface area contributed by atoms with Gasteiger partial charge in [-0.05, 0) is 12.1 Å². The van der Waals surface area contributed by atoms with Crippen LogP contribution in [0.4, 0.5) is 15.9 Å². The maximum atomic E-state index is 13.1. The van der Waals surface area contributed by atoms with E-state index < -0.39 is 27.9 Å². The van der Waals surface area contributed by atoms with Gasteiger partial charge < -0.3 is 5.32 Å². The number of carbonyl (C=O) groups is 1. The van der Waals surface area contributed by atoms with Crippen LogP contribution in [0, 0.1) is 15.9 Å². The highest BCUT2D eigenvalue weighted by Gasteiger charge is 2.21. The zero-order valence-electron chi connectivity index (χ0n) is 9.71. The summed E-state index contributed by atoms with van der Waals surface area (Å²) in [6.45, 7) is 0. The van der Waals surface area contributed by atoms with Crippen LogP contribution in [0.15, 0.2) is 30.6 Å². The fraction of sp³-hybridized carbons (Fsp3) is 0. The Labute approximate surface area is 116 Å². The van der Waals surface area contributed by atoms with Crippen LogP contribution in [0.2, 0.25) is 5.15 Å². The average molecular weight is 297 g/mol. The van der Waals surface area contributed by atoms with Crippen LogP contribution >= 0.6 is 11.6 Å². The van der Waals surface area contributed by atoms with E-state index in [2.05, 4.69) is 15.3 Å². The summed E-state index contributed by atoms with van der Waals surface area (Å²) in [5, 5.41) is 13.1. The molecule has 0 unspecified atom stereocenters. The summed E-state index contributed by atoms with van der Waals surface area (Å²) in [5.74, 6) is -1.65. The van der Waals surface area contributed by atoms with Crippen molar-refractivity contribution >= 4 is 29.0 Å². The standard InChI is InChI=1S/C11H6ClFN4O3/c12-9-4-14-5-10(15-9)16-11(18)7-3-6(13)1-2-8(7)17(19)20/h1-5H,(H,15,16,18). The second kappa shape index (κ2) is 5.57. The highest BCUT2D eigenvalue weighted by atomic mass is 35.5. The summed E-state index contributed by atoms with van der Waals surface area (Å²) in [5.41, 5.74) is -0.935. The fourth-order valence-electron chi connectivity index (χ4n) is 1.44. The molecule has 2 aromatic rings. The maximum Gasteiger partial charge on any atom is 0.282 e. The molecule has 7 nitrogen and oxygen atoms in total. The van der Waals surface area contributed by atoms with E-state index in [9.17, 15) is 19.3 Å². The Balaban J connectivity index is 2.34. The Morgan fingerprint density at radius 1 is 1.40 bits per heavy atom. The SMILES string of the molecule is O=C(Nc1cncc(Cl)n1)c1cc(F)ccc1[N+](=O)[O-]. The van der Waals surface area contributed by atoms with Crippen molar-refractivity contribution in [2.45, 2.75) is 0 Å². The van der Waals surface area contributed by atoms with Gasteiger partial charge in [-0.1, -0.05) is 11.6 Å². The number of carbonyl (C=O) groups excluding carboxylic acids is 1. The van der Waals surface area contributed by atoms with E-state index in [4.69, 9.17) is 11.6 Å². The number of hydrogen-bond donors (Lipinski definition) is 1. The van der Waals surface area contributed by atoms with Crippen molar-refractivity contribution < 1.29 is 14.1 Å². The molecule has 0 saturated heterocycles. The number of nitro groups is 1. The summed E-state index contributed by atoms with van der Waals surface area (Å²) in [6.07, 6.45) is 2.46. The van der Waals surface area contributed by atoms with Crippen LogP contribution in [0.25, 0.3) is 0 Å². The molecule has 2 rings (SSSR count). The van der Waals surface area contributed by atoms with Gasteiger partial charge in [-0.15, -0.1) is 0 Å². The Bertz CT molecular complexity index is 695. The van der Waals surface area contributed by atoms with Gasteiger partial charge in [0.05, 0.1) is 17.3 Å². The van der Waals surface area contributed by atoms with Gasteiger partial charge in [0.25, 0.3) is 11.6 Å². The molecule has 1 amide bonds. The molecule has 0 bridgehead atoms. The van der Waals surface area contributed by atoms with Crippen molar-refractivity contribution in [1.82, 2.24) is 9.97 Å². The molecule has 1 aromatic heterocycles. The number of nitrogens with one attached hydrogen (secondary N) is 1. The van der Waals surface area contributed by atoms with Gasteiger partial charge >= 0.3 is 0 Å². The second-order valence-electron chi connectivity index (χ2n) is 3.60. The summed E-state index contributed by atoms with van der Waals surface area (Å²) < 4.78 is 13.1. The summed E-state index contributed by atoms with van der Waals surface area (Å²) in [7, 11) is 0. The highest BCUT2D eigenvalue weighted by molar-refractivity contribution is 6.29. The molecule has 0 aliphatic carbocycles. The van der Waals surface area contributed by atoms with Gasteiger partial charge in [0, 0.05) is 6.07 Å². The summed E-state index contributed by atoms with van der Waals surface area (Å²) >= 11 is 5.59. The van der Waals surface area contributed by atoms with E-state index >= 15 is 0 Å². The number of halogens is 2. The van der Waals surface area contributed by atoms with Crippen LogP contribution in [0.1, 0.15) is 10.4 Å². The van der Waals surface area contributed by atoms with E-state index in [-0.39, 0.29) is 11.0 Å². The van der Waals surface area contributed by atoms with Crippen LogP contribution in [0.3, 0.4) is 0 Å². The summed E-state index contributed by atoms with van der Waals surface area (Å²) in [6, 6.07) is 2.58. The van der Waals surface area contributed by atoms with Crippen LogP contribution in [-0.4, -0.2) is 20.8 Å². The largest absolute Gasteiger partial charge is 0.305 e. The smallest absolute Gasteiger partial charge is 0.282 e. The lowest BCUT2D eigenvalue weighted by Gasteiger charge is -2.05. The average Bonchev–Trinajstić information content (AvgIpc) is 2.38. The molecule has 0 spiro atoms. The quantitative estimate of drug-likeness (QED) is 0.693. The van der Waals surface area contributed by atoms with Gasteiger partial charge in [-0.25, -0.2) is 9.37 Å². The monoisotopic (exact) mass is 296 g/mol. The number of hydrogen-bond acceptors (Lipinski definition) is 5. The van der Waals surface area contributed by atoms with Crippen LogP contribution in [-0.2, 0) is 0 Å². The second-order valence-corrected chi connectivity index (χ2v) is 3.99. The van der Waals surface area contributed by atoms with Crippen molar-refractivity contribution in [3.63, 3.8) is 0 Å². The minimum absolute atomic E-state index is 0.000981. The van der Waals surface area contributed by atoms with Gasteiger partial charge in [-0.3, -0.25) is 19.9 Å². The lowest BCUT2D eigenvalue weighted by molar-refractivity contribution is -0.385. The third-order valence-electron chi connectivity index (χ3n) is 2.25. The first-order valence-corrected chi connectivity index (χ1v) is 5.58. The lowest BCUT2D eigenvalue weighted by atomic mass is 10.1. The van der Waals surface area contributed by atoms with Gasteiger partial charge in [0.1, 0.15) is 16.5 Å². The molecular formula is C11H6ClFN4O3. The van der Waals surface area contributed by atoms with Gasteiger partial charge in [-0.2, -0.15) is 0 Å². The third kappa shape index (κ3) is 3.04. The molecule has 1 aromatic carbocycles. The van der Waals surface area contributed by atoms with Crippen molar-refractivity contribution in [3.05, 3.63) is 57.2 Å². The topological polar surface area (TPSA) is 98.0 Å². The number of benzene rings is 1. The molecule has 0 aliphatic heterocycles. The molecule has 1 N–H and O–H groups in total. The molecular weight excluding hydrogens is 291 g/mol. The first kappa shape index (κ1) is 13.8. The lowest BCUT2D eigenvalue weighted by Crippen LogP contribution is -2.15. The molecule has 0 atom stereocenters. The van der Waals surface area contributed by atoms with Crippen molar-refractivity contribution in [2.24, 2.45) is 0 Å². The normalized spacial score (nSPS) is 10.1. The van der Waals surface area contributed by atoms with E-state index in [1.165, 1.54) is 12.4 Å². The van der Waals surface area contributed by atoms with Gasteiger partial charge in [0.2, 0.25) is 0 Å². The van der Waals surface area contributed by atoms with Crippen molar-refractivity contribution in [2.75, 3.05) is 5.32 Å². The van der Waals surface area contributed by atoms with E-state index in [1.807, 2.05) is 0 Å². The first-order valence-electron chi connectivity index (χ1n) is 5.20. The molecule has 0 saturated carbocycles. The molecule has 9 heteroatoms. The zero-order valence-corrected chi connectivity index (χ0v) is 10.5. The minimum Gasteiger partial charge on any atom is -0.305 e. The molecule has 20 heavy (non-hydrogen) atoms. The number of amides is 1. The number of aromatic nitrogens is 2. The number of anilines is 1. The van der Waals surface area contributed by atoms with Crippen molar-refractivity contribution in [1.29, 1.82) is 0 Å². The molecule has 0 radical (unpaired) electrons. The maximum absolute atomic E-state index is 13.1. The summed E-state index contributed by atoms with van der Waals surface area (Å²) in [4.78, 5) is 29.4. The zero-order chi connectivity index (χ0) is 14.7. The molecule has 0 fully saturated rings. The predicted octanol–water partition coefficient (Wildman–Crippen LogP) is 2.43.